The number of rotatable bonds is 4. The van der Waals surface area contributed by atoms with Gasteiger partial charge in [-0.2, -0.15) is 0 Å². The molecule has 104 valence electrons. The molecule has 2 rings (SSSR count). The number of hydrogen-bond donors (Lipinski definition) is 2. The van der Waals surface area contributed by atoms with Crippen molar-refractivity contribution in [2.75, 3.05) is 44.2 Å². The van der Waals surface area contributed by atoms with Gasteiger partial charge in [0.05, 0.1) is 17.9 Å². The molecule has 0 bridgehead atoms. The number of β-amino-alcohol motifs (C(OH)–C–C–N with tert-alkyl or cyclic N) is 1. The van der Waals surface area contributed by atoms with Crippen molar-refractivity contribution in [2.24, 2.45) is 0 Å². The first-order valence-corrected chi connectivity index (χ1v) is 6.54. The van der Waals surface area contributed by atoms with Crippen LogP contribution in [0.5, 0.6) is 0 Å². The van der Waals surface area contributed by atoms with Crippen molar-refractivity contribution in [3.63, 3.8) is 0 Å². The SMILES string of the molecule is Cc1ccc(N2CCN(CCO)CC2)c(C(=O)O)c1. The molecule has 0 spiro atoms. The zero-order valence-electron chi connectivity index (χ0n) is 11.2. The van der Waals surface area contributed by atoms with Crippen molar-refractivity contribution in [3.05, 3.63) is 29.3 Å². The summed E-state index contributed by atoms with van der Waals surface area (Å²) in [5.74, 6) is -0.878. The van der Waals surface area contributed by atoms with Crippen LogP contribution in [0, 0.1) is 6.92 Å². The number of carboxylic acids is 1. The second-order valence-corrected chi connectivity index (χ2v) is 4.88. The minimum absolute atomic E-state index is 0.172. The Hall–Kier alpha value is -1.59. The third kappa shape index (κ3) is 3.24. The van der Waals surface area contributed by atoms with Crippen molar-refractivity contribution in [1.82, 2.24) is 4.90 Å². The van der Waals surface area contributed by atoms with Crippen molar-refractivity contribution in [2.45, 2.75) is 6.92 Å². The molecular formula is C14H20N2O3. The maximum absolute atomic E-state index is 11.3. The van der Waals surface area contributed by atoms with E-state index in [0.29, 0.717) is 12.1 Å². The van der Waals surface area contributed by atoms with Crippen LogP contribution in [0.1, 0.15) is 15.9 Å². The summed E-state index contributed by atoms with van der Waals surface area (Å²) in [4.78, 5) is 15.6. The molecular weight excluding hydrogens is 244 g/mol. The van der Waals surface area contributed by atoms with E-state index in [1.807, 2.05) is 19.1 Å². The largest absolute Gasteiger partial charge is 0.478 e. The number of nitrogens with zero attached hydrogens (tertiary/aromatic N) is 2. The van der Waals surface area contributed by atoms with E-state index in [9.17, 15) is 9.90 Å². The Morgan fingerprint density at radius 1 is 1.26 bits per heavy atom. The van der Waals surface area contributed by atoms with Gasteiger partial charge in [0.1, 0.15) is 0 Å². The average Bonchev–Trinajstić information content (AvgIpc) is 2.40. The van der Waals surface area contributed by atoms with Gasteiger partial charge in [-0.1, -0.05) is 11.6 Å². The van der Waals surface area contributed by atoms with Gasteiger partial charge in [0, 0.05) is 32.7 Å². The molecule has 1 aliphatic rings. The van der Waals surface area contributed by atoms with Crippen LogP contribution in [-0.4, -0.2) is 60.4 Å². The fraction of sp³-hybridized carbons (Fsp3) is 0.500. The lowest BCUT2D eigenvalue weighted by Crippen LogP contribution is -2.47. The molecule has 0 amide bonds. The van der Waals surface area contributed by atoms with E-state index in [1.165, 1.54) is 0 Å². The summed E-state index contributed by atoms with van der Waals surface area (Å²) in [6.45, 7) is 6.06. The Labute approximate surface area is 113 Å². The highest BCUT2D eigenvalue weighted by Crippen LogP contribution is 2.23. The monoisotopic (exact) mass is 264 g/mol. The first-order valence-electron chi connectivity index (χ1n) is 6.54. The highest BCUT2D eigenvalue weighted by molar-refractivity contribution is 5.94. The second-order valence-electron chi connectivity index (χ2n) is 4.88. The zero-order chi connectivity index (χ0) is 13.8. The number of hydrogen-bond acceptors (Lipinski definition) is 4. The summed E-state index contributed by atoms with van der Waals surface area (Å²) in [7, 11) is 0. The van der Waals surface area contributed by atoms with Crippen LogP contribution < -0.4 is 4.90 Å². The standard InChI is InChI=1S/C14H20N2O3/c1-11-2-3-13(12(10-11)14(18)19)16-6-4-15(5-7-16)8-9-17/h2-3,10,17H,4-9H2,1H3,(H,18,19). The van der Waals surface area contributed by atoms with Crippen LogP contribution in [0.4, 0.5) is 5.69 Å². The molecule has 5 nitrogen and oxygen atoms in total. The second kappa shape index (κ2) is 6.04. The van der Waals surface area contributed by atoms with Gasteiger partial charge in [0.2, 0.25) is 0 Å². The predicted octanol–water partition coefficient (Wildman–Crippen LogP) is 0.808. The molecule has 0 aliphatic carbocycles. The number of carbonyl (C=O) groups is 1. The number of carboxylic acid groups (broad SMARTS) is 1. The lowest BCUT2D eigenvalue weighted by atomic mass is 10.1. The normalized spacial score (nSPS) is 16.6. The summed E-state index contributed by atoms with van der Waals surface area (Å²) in [5.41, 5.74) is 2.12. The lowest BCUT2D eigenvalue weighted by molar-refractivity contribution is 0.0697. The van der Waals surface area contributed by atoms with E-state index in [1.54, 1.807) is 6.07 Å². The van der Waals surface area contributed by atoms with Gasteiger partial charge in [-0.15, -0.1) is 0 Å². The van der Waals surface area contributed by atoms with Gasteiger partial charge in [-0.05, 0) is 19.1 Å². The van der Waals surface area contributed by atoms with Crippen molar-refractivity contribution in [3.8, 4) is 0 Å². The summed E-state index contributed by atoms with van der Waals surface area (Å²) in [6, 6.07) is 5.56. The topological polar surface area (TPSA) is 64.0 Å². The molecule has 0 unspecified atom stereocenters. The fourth-order valence-corrected chi connectivity index (χ4v) is 2.45. The van der Waals surface area contributed by atoms with Crippen molar-refractivity contribution < 1.29 is 15.0 Å². The molecule has 19 heavy (non-hydrogen) atoms. The molecule has 1 aromatic carbocycles. The van der Waals surface area contributed by atoms with Crippen molar-refractivity contribution in [1.29, 1.82) is 0 Å². The maximum atomic E-state index is 11.3. The minimum atomic E-state index is -0.878. The van der Waals surface area contributed by atoms with E-state index in [0.717, 1.165) is 37.4 Å². The third-order valence-electron chi connectivity index (χ3n) is 3.51. The highest BCUT2D eigenvalue weighted by Gasteiger charge is 2.21. The molecule has 0 radical (unpaired) electrons. The van der Waals surface area contributed by atoms with Gasteiger partial charge in [-0.25, -0.2) is 4.79 Å². The Kier molecular flexibility index (Phi) is 4.39. The number of aryl methyl sites for hydroxylation is 1. The van der Waals surface area contributed by atoms with E-state index >= 15 is 0 Å². The van der Waals surface area contributed by atoms with Gasteiger partial charge in [0.15, 0.2) is 0 Å². The highest BCUT2D eigenvalue weighted by atomic mass is 16.4. The first kappa shape index (κ1) is 13.8. The molecule has 5 heteroatoms. The number of aliphatic hydroxyl groups excluding tert-OH is 1. The lowest BCUT2D eigenvalue weighted by Gasteiger charge is -2.36. The first-order chi connectivity index (χ1) is 9.11. The third-order valence-corrected chi connectivity index (χ3v) is 3.51. The number of benzene rings is 1. The van der Waals surface area contributed by atoms with Gasteiger partial charge >= 0.3 is 5.97 Å². The zero-order valence-corrected chi connectivity index (χ0v) is 11.2. The van der Waals surface area contributed by atoms with Crippen LogP contribution >= 0.6 is 0 Å². The molecule has 0 aromatic heterocycles. The minimum Gasteiger partial charge on any atom is -0.478 e. The average molecular weight is 264 g/mol. The fourth-order valence-electron chi connectivity index (χ4n) is 2.45. The smallest absolute Gasteiger partial charge is 0.337 e. The number of aliphatic hydroxyl groups is 1. The molecule has 1 fully saturated rings. The van der Waals surface area contributed by atoms with Crippen LogP contribution in [-0.2, 0) is 0 Å². The maximum Gasteiger partial charge on any atom is 0.337 e. The number of aromatic carboxylic acids is 1. The van der Waals surface area contributed by atoms with E-state index in [4.69, 9.17) is 5.11 Å². The van der Waals surface area contributed by atoms with Gasteiger partial charge in [0.25, 0.3) is 0 Å². The van der Waals surface area contributed by atoms with Crippen LogP contribution in [0.15, 0.2) is 18.2 Å². The number of anilines is 1. The molecule has 0 saturated carbocycles. The predicted molar refractivity (Wildman–Crippen MR) is 73.9 cm³/mol. The van der Waals surface area contributed by atoms with Crippen LogP contribution in [0.2, 0.25) is 0 Å². The van der Waals surface area contributed by atoms with E-state index < -0.39 is 5.97 Å². The van der Waals surface area contributed by atoms with Crippen LogP contribution in [0.3, 0.4) is 0 Å². The molecule has 2 N–H and O–H groups in total. The Morgan fingerprint density at radius 2 is 1.95 bits per heavy atom. The summed E-state index contributed by atoms with van der Waals surface area (Å²) in [5, 5.41) is 18.2. The Morgan fingerprint density at radius 3 is 2.53 bits per heavy atom. The summed E-state index contributed by atoms with van der Waals surface area (Å²) >= 11 is 0. The Balaban J connectivity index is 2.13. The number of piperazine rings is 1. The van der Waals surface area contributed by atoms with Crippen molar-refractivity contribution >= 4 is 11.7 Å². The molecule has 1 aliphatic heterocycles. The van der Waals surface area contributed by atoms with Gasteiger partial charge < -0.3 is 15.1 Å². The molecule has 1 heterocycles. The van der Waals surface area contributed by atoms with E-state index in [2.05, 4.69) is 9.80 Å². The van der Waals surface area contributed by atoms with E-state index in [-0.39, 0.29) is 6.61 Å². The molecule has 1 aromatic rings. The molecule has 0 atom stereocenters. The summed E-state index contributed by atoms with van der Waals surface area (Å²) in [6.07, 6.45) is 0. The molecule has 1 saturated heterocycles. The van der Waals surface area contributed by atoms with Gasteiger partial charge in [-0.3, -0.25) is 4.90 Å². The van der Waals surface area contributed by atoms with Crippen LogP contribution in [0.25, 0.3) is 0 Å². The quantitative estimate of drug-likeness (QED) is 0.842. The Bertz CT molecular complexity index is 454. The summed E-state index contributed by atoms with van der Waals surface area (Å²) < 4.78 is 0.